The smallest absolute Gasteiger partial charge is 0.309 e. The van der Waals surface area contributed by atoms with Gasteiger partial charge in [0.15, 0.2) is 0 Å². The van der Waals surface area contributed by atoms with Gasteiger partial charge in [0.25, 0.3) is 0 Å². The molecule has 5 heteroatoms. The van der Waals surface area contributed by atoms with E-state index < -0.39 is 0 Å². The Morgan fingerprint density at radius 1 is 1.47 bits per heavy atom. The van der Waals surface area contributed by atoms with Crippen LogP contribution in [0.25, 0.3) is 0 Å². The summed E-state index contributed by atoms with van der Waals surface area (Å²) in [5.41, 5.74) is 1.03. The highest BCUT2D eigenvalue weighted by Gasteiger charge is 2.23. The molecule has 0 amide bonds. The van der Waals surface area contributed by atoms with Crippen molar-refractivity contribution in [3.05, 3.63) is 16.1 Å². The van der Waals surface area contributed by atoms with E-state index in [1.807, 2.05) is 26.2 Å². The number of nitrogens with one attached hydrogen (secondary N) is 1. The summed E-state index contributed by atoms with van der Waals surface area (Å²) in [6.07, 6.45) is 0. The SMILES string of the molecule is COC(=O)C(C)C(C)NC(C)c1nc(C)cs1. The van der Waals surface area contributed by atoms with Crippen LogP contribution in [0.15, 0.2) is 5.38 Å². The quantitative estimate of drug-likeness (QED) is 0.821. The number of hydrogen-bond acceptors (Lipinski definition) is 5. The third-order valence-electron chi connectivity index (χ3n) is 2.84. The summed E-state index contributed by atoms with van der Waals surface area (Å²) in [5.74, 6) is -0.351. The molecular formula is C12H20N2O2S. The lowest BCUT2D eigenvalue weighted by Crippen LogP contribution is -2.38. The van der Waals surface area contributed by atoms with E-state index >= 15 is 0 Å². The molecule has 0 bridgehead atoms. The van der Waals surface area contributed by atoms with Crippen LogP contribution in [0, 0.1) is 12.8 Å². The van der Waals surface area contributed by atoms with E-state index in [1.54, 1.807) is 11.3 Å². The van der Waals surface area contributed by atoms with Crippen LogP contribution in [0.4, 0.5) is 0 Å². The fraction of sp³-hybridized carbons (Fsp3) is 0.667. The van der Waals surface area contributed by atoms with E-state index in [4.69, 9.17) is 4.74 Å². The van der Waals surface area contributed by atoms with Gasteiger partial charge in [-0.15, -0.1) is 11.3 Å². The Morgan fingerprint density at radius 3 is 2.59 bits per heavy atom. The minimum atomic E-state index is -0.187. The molecule has 17 heavy (non-hydrogen) atoms. The van der Waals surface area contributed by atoms with Gasteiger partial charge in [-0.05, 0) is 20.8 Å². The summed E-state index contributed by atoms with van der Waals surface area (Å²) in [5, 5.41) is 6.45. The average molecular weight is 256 g/mol. The largest absolute Gasteiger partial charge is 0.469 e. The van der Waals surface area contributed by atoms with Crippen molar-refractivity contribution in [2.75, 3.05) is 7.11 Å². The summed E-state index contributed by atoms with van der Waals surface area (Å²) in [6.45, 7) is 7.88. The topological polar surface area (TPSA) is 51.2 Å². The zero-order valence-corrected chi connectivity index (χ0v) is 11.8. The molecule has 0 fully saturated rings. The first kappa shape index (κ1) is 14.1. The Labute approximate surface area is 106 Å². The van der Waals surface area contributed by atoms with E-state index in [2.05, 4.69) is 17.2 Å². The van der Waals surface area contributed by atoms with E-state index in [1.165, 1.54) is 7.11 Å². The normalized spacial score (nSPS) is 16.3. The molecule has 0 spiro atoms. The minimum Gasteiger partial charge on any atom is -0.469 e. The summed E-state index contributed by atoms with van der Waals surface area (Å²) < 4.78 is 4.73. The zero-order valence-electron chi connectivity index (χ0n) is 11.0. The van der Waals surface area contributed by atoms with E-state index in [-0.39, 0.29) is 24.0 Å². The molecule has 1 aromatic heterocycles. The van der Waals surface area contributed by atoms with Crippen LogP contribution in [0.2, 0.25) is 0 Å². The van der Waals surface area contributed by atoms with Crippen LogP contribution in [0.3, 0.4) is 0 Å². The molecule has 1 N–H and O–H groups in total. The maximum atomic E-state index is 11.4. The van der Waals surface area contributed by atoms with Crippen molar-refractivity contribution in [1.29, 1.82) is 0 Å². The number of carbonyl (C=O) groups is 1. The minimum absolute atomic E-state index is 0.0571. The van der Waals surface area contributed by atoms with Gasteiger partial charge in [-0.2, -0.15) is 0 Å². The lowest BCUT2D eigenvalue weighted by molar-refractivity contribution is -0.145. The van der Waals surface area contributed by atoms with Crippen molar-refractivity contribution in [3.63, 3.8) is 0 Å². The van der Waals surface area contributed by atoms with E-state index in [0.29, 0.717) is 0 Å². The van der Waals surface area contributed by atoms with Gasteiger partial charge in [0.05, 0.1) is 19.1 Å². The molecular weight excluding hydrogens is 236 g/mol. The van der Waals surface area contributed by atoms with Crippen LogP contribution >= 0.6 is 11.3 Å². The molecule has 0 aliphatic heterocycles. The summed E-state index contributed by atoms with van der Waals surface area (Å²) in [7, 11) is 1.42. The second-order valence-corrected chi connectivity index (χ2v) is 5.21. The van der Waals surface area contributed by atoms with E-state index in [9.17, 15) is 4.79 Å². The van der Waals surface area contributed by atoms with Crippen LogP contribution < -0.4 is 5.32 Å². The summed E-state index contributed by atoms with van der Waals surface area (Å²) >= 11 is 1.64. The third kappa shape index (κ3) is 3.78. The Kier molecular flexibility index (Phi) is 5.08. The monoisotopic (exact) mass is 256 g/mol. The molecule has 0 saturated heterocycles. The second kappa shape index (κ2) is 6.12. The number of rotatable bonds is 5. The Bertz CT molecular complexity index is 378. The fourth-order valence-corrected chi connectivity index (χ4v) is 2.38. The van der Waals surface area contributed by atoms with Crippen molar-refractivity contribution in [2.45, 2.75) is 39.8 Å². The van der Waals surface area contributed by atoms with Gasteiger partial charge in [0, 0.05) is 17.1 Å². The van der Waals surface area contributed by atoms with Crippen LogP contribution in [-0.4, -0.2) is 24.1 Å². The molecule has 1 aromatic rings. The van der Waals surface area contributed by atoms with Crippen LogP contribution in [0.5, 0.6) is 0 Å². The zero-order chi connectivity index (χ0) is 13.0. The van der Waals surface area contributed by atoms with Gasteiger partial charge in [-0.25, -0.2) is 4.98 Å². The highest BCUT2D eigenvalue weighted by atomic mass is 32.1. The highest BCUT2D eigenvalue weighted by Crippen LogP contribution is 2.19. The van der Waals surface area contributed by atoms with E-state index in [0.717, 1.165) is 10.7 Å². The Balaban J connectivity index is 2.56. The van der Waals surface area contributed by atoms with Crippen molar-refractivity contribution < 1.29 is 9.53 Å². The van der Waals surface area contributed by atoms with Crippen molar-refractivity contribution in [1.82, 2.24) is 10.3 Å². The van der Waals surface area contributed by atoms with Gasteiger partial charge in [-0.3, -0.25) is 4.79 Å². The number of hydrogen-bond donors (Lipinski definition) is 1. The van der Waals surface area contributed by atoms with Crippen LogP contribution in [0.1, 0.15) is 37.5 Å². The molecule has 96 valence electrons. The summed E-state index contributed by atoms with van der Waals surface area (Å²) in [4.78, 5) is 15.8. The summed E-state index contributed by atoms with van der Waals surface area (Å²) in [6, 6.07) is 0.206. The lowest BCUT2D eigenvalue weighted by atomic mass is 10.0. The number of thiazole rings is 1. The van der Waals surface area contributed by atoms with Crippen molar-refractivity contribution in [2.24, 2.45) is 5.92 Å². The third-order valence-corrected chi connectivity index (χ3v) is 3.99. The predicted molar refractivity (Wildman–Crippen MR) is 69.0 cm³/mol. The van der Waals surface area contributed by atoms with Gasteiger partial charge in [0.2, 0.25) is 0 Å². The predicted octanol–water partition coefficient (Wildman–Crippen LogP) is 2.30. The lowest BCUT2D eigenvalue weighted by Gasteiger charge is -2.22. The molecule has 4 nitrogen and oxygen atoms in total. The molecule has 0 radical (unpaired) electrons. The Hall–Kier alpha value is -0.940. The number of carbonyl (C=O) groups excluding carboxylic acids is 1. The number of aromatic nitrogens is 1. The molecule has 0 aromatic carbocycles. The first-order valence-electron chi connectivity index (χ1n) is 5.71. The molecule has 3 unspecified atom stereocenters. The van der Waals surface area contributed by atoms with Gasteiger partial charge >= 0.3 is 5.97 Å². The number of ether oxygens (including phenoxy) is 1. The molecule has 1 heterocycles. The molecule has 3 atom stereocenters. The number of aryl methyl sites for hydroxylation is 1. The van der Waals surface area contributed by atoms with Gasteiger partial charge < -0.3 is 10.1 Å². The maximum absolute atomic E-state index is 11.4. The molecule has 0 aliphatic carbocycles. The van der Waals surface area contributed by atoms with Crippen molar-refractivity contribution >= 4 is 17.3 Å². The van der Waals surface area contributed by atoms with Crippen molar-refractivity contribution in [3.8, 4) is 0 Å². The second-order valence-electron chi connectivity index (χ2n) is 4.32. The Morgan fingerprint density at radius 2 is 2.12 bits per heavy atom. The first-order chi connectivity index (χ1) is 7.95. The highest BCUT2D eigenvalue weighted by molar-refractivity contribution is 7.09. The fourth-order valence-electron chi connectivity index (χ4n) is 1.57. The number of esters is 1. The maximum Gasteiger partial charge on any atom is 0.309 e. The van der Waals surface area contributed by atoms with Gasteiger partial charge in [-0.1, -0.05) is 6.92 Å². The standard InChI is InChI=1S/C12H20N2O2S/c1-7-6-17-11(13-7)10(4)14-9(3)8(2)12(15)16-5/h6,8-10,14H,1-5H3. The average Bonchev–Trinajstić information content (AvgIpc) is 2.73. The molecule has 1 rings (SSSR count). The first-order valence-corrected chi connectivity index (χ1v) is 6.59. The number of methoxy groups -OCH3 is 1. The van der Waals surface area contributed by atoms with Gasteiger partial charge in [0.1, 0.15) is 5.01 Å². The number of nitrogens with zero attached hydrogens (tertiary/aromatic N) is 1. The molecule has 0 aliphatic rings. The molecule has 0 saturated carbocycles. The van der Waals surface area contributed by atoms with Crippen LogP contribution in [-0.2, 0) is 9.53 Å².